The number of rotatable bonds is 5. The first kappa shape index (κ1) is 15.1. The average molecular weight is 287 g/mol. The van der Waals surface area contributed by atoms with Crippen molar-refractivity contribution in [1.82, 2.24) is 9.97 Å². The highest BCUT2D eigenvalue weighted by Gasteiger charge is 2.11. The van der Waals surface area contributed by atoms with Crippen LogP contribution in [0.4, 0.5) is 5.82 Å². The molecule has 0 aliphatic heterocycles. The quantitative estimate of drug-likeness (QED) is 0.914. The second-order valence-electron chi connectivity index (χ2n) is 4.92. The maximum Gasteiger partial charge on any atom is 0.161 e. The van der Waals surface area contributed by atoms with E-state index in [1.807, 2.05) is 38.1 Å². The first-order valence-electron chi connectivity index (χ1n) is 6.84. The minimum Gasteiger partial charge on any atom is -0.493 e. The number of nitrogens with zero attached hydrogens (tertiary/aromatic N) is 2. The first-order valence-corrected chi connectivity index (χ1v) is 6.84. The molecule has 0 aliphatic rings. The van der Waals surface area contributed by atoms with Gasteiger partial charge < -0.3 is 14.8 Å². The van der Waals surface area contributed by atoms with Crippen molar-refractivity contribution in [3.05, 3.63) is 41.3 Å². The van der Waals surface area contributed by atoms with Gasteiger partial charge in [-0.1, -0.05) is 6.07 Å². The zero-order valence-corrected chi connectivity index (χ0v) is 13.1. The van der Waals surface area contributed by atoms with Crippen LogP contribution in [0.1, 0.15) is 30.0 Å². The van der Waals surface area contributed by atoms with Crippen molar-refractivity contribution in [2.45, 2.75) is 26.8 Å². The lowest BCUT2D eigenvalue weighted by atomic mass is 10.1. The summed E-state index contributed by atoms with van der Waals surface area (Å²) < 4.78 is 10.6. The van der Waals surface area contributed by atoms with Crippen LogP contribution < -0.4 is 14.8 Å². The fraction of sp³-hybridized carbons (Fsp3) is 0.375. The van der Waals surface area contributed by atoms with Gasteiger partial charge in [0.05, 0.1) is 20.3 Å². The molecule has 0 aliphatic carbocycles. The number of hydrogen-bond acceptors (Lipinski definition) is 5. The highest BCUT2D eigenvalue weighted by atomic mass is 16.5. The van der Waals surface area contributed by atoms with Gasteiger partial charge in [-0.25, -0.2) is 9.97 Å². The molecule has 5 nitrogen and oxygen atoms in total. The Balaban J connectivity index is 2.21. The Hall–Kier alpha value is -2.30. The molecule has 0 bridgehead atoms. The van der Waals surface area contributed by atoms with Crippen LogP contribution in [0.2, 0.25) is 0 Å². The van der Waals surface area contributed by atoms with Crippen LogP contribution in [0.5, 0.6) is 11.5 Å². The smallest absolute Gasteiger partial charge is 0.161 e. The number of aryl methyl sites for hydroxylation is 2. The van der Waals surface area contributed by atoms with Crippen LogP contribution in [0.25, 0.3) is 0 Å². The number of anilines is 1. The van der Waals surface area contributed by atoms with Gasteiger partial charge >= 0.3 is 0 Å². The summed E-state index contributed by atoms with van der Waals surface area (Å²) >= 11 is 0. The summed E-state index contributed by atoms with van der Waals surface area (Å²) in [6.07, 6.45) is 0. The number of hydrogen-bond donors (Lipinski definition) is 1. The molecule has 1 aromatic carbocycles. The summed E-state index contributed by atoms with van der Waals surface area (Å²) in [5.41, 5.74) is 2.05. The van der Waals surface area contributed by atoms with Crippen molar-refractivity contribution in [2.24, 2.45) is 0 Å². The van der Waals surface area contributed by atoms with Crippen molar-refractivity contribution in [1.29, 1.82) is 0 Å². The van der Waals surface area contributed by atoms with Crippen LogP contribution in [0.3, 0.4) is 0 Å². The van der Waals surface area contributed by atoms with Crippen molar-refractivity contribution >= 4 is 5.82 Å². The second kappa shape index (κ2) is 6.43. The Morgan fingerprint density at radius 1 is 1.00 bits per heavy atom. The average Bonchev–Trinajstić information content (AvgIpc) is 2.45. The predicted molar refractivity (Wildman–Crippen MR) is 83.1 cm³/mol. The zero-order valence-electron chi connectivity index (χ0n) is 13.1. The van der Waals surface area contributed by atoms with Crippen molar-refractivity contribution in [3.63, 3.8) is 0 Å². The summed E-state index contributed by atoms with van der Waals surface area (Å²) in [4.78, 5) is 8.67. The first-order chi connectivity index (χ1) is 10.0. The molecular formula is C16H21N3O2. The van der Waals surface area contributed by atoms with Gasteiger partial charge in [0.1, 0.15) is 11.6 Å². The predicted octanol–water partition coefficient (Wildman–Crippen LogP) is 3.28. The lowest BCUT2D eigenvalue weighted by molar-refractivity contribution is 0.354. The van der Waals surface area contributed by atoms with E-state index in [2.05, 4.69) is 22.2 Å². The molecule has 21 heavy (non-hydrogen) atoms. The Bertz CT molecular complexity index is 609. The van der Waals surface area contributed by atoms with E-state index in [9.17, 15) is 0 Å². The largest absolute Gasteiger partial charge is 0.493 e. The molecule has 5 heteroatoms. The van der Waals surface area contributed by atoms with Gasteiger partial charge in [-0.15, -0.1) is 0 Å². The Labute approximate surface area is 125 Å². The van der Waals surface area contributed by atoms with E-state index in [1.54, 1.807) is 14.2 Å². The molecule has 0 fully saturated rings. The topological polar surface area (TPSA) is 56.3 Å². The molecule has 0 radical (unpaired) electrons. The lowest BCUT2D eigenvalue weighted by Crippen LogP contribution is -2.09. The van der Waals surface area contributed by atoms with E-state index in [4.69, 9.17) is 9.47 Å². The second-order valence-corrected chi connectivity index (χ2v) is 4.92. The van der Waals surface area contributed by atoms with E-state index < -0.39 is 0 Å². The molecule has 0 saturated heterocycles. The maximum atomic E-state index is 5.34. The molecule has 2 rings (SSSR count). The third kappa shape index (κ3) is 3.62. The SMILES string of the molecule is COc1ccc([C@H](C)Nc2cc(C)nc(C)n2)cc1OC. The van der Waals surface area contributed by atoms with Gasteiger partial charge in [-0.05, 0) is 38.5 Å². The third-order valence-corrected chi connectivity index (χ3v) is 3.24. The van der Waals surface area contributed by atoms with Crippen LogP contribution in [0.15, 0.2) is 24.3 Å². The molecule has 1 N–H and O–H groups in total. The third-order valence-electron chi connectivity index (χ3n) is 3.24. The van der Waals surface area contributed by atoms with Crippen LogP contribution in [-0.2, 0) is 0 Å². The lowest BCUT2D eigenvalue weighted by Gasteiger charge is -2.17. The fourth-order valence-electron chi connectivity index (χ4n) is 2.22. The van der Waals surface area contributed by atoms with Gasteiger partial charge in [-0.3, -0.25) is 0 Å². The van der Waals surface area contributed by atoms with Crippen molar-refractivity contribution in [2.75, 3.05) is 19.5 Å². The van der Waals surface area contributed by atoms with E-state index in [0.29, 0.717) is 0 Å². The molecule has 0 saturated carbocycles. The van der Waals surface area contributed by atoms with E-state index in [1.165, 1.54) is 0 Å². The maximum absolute atomic E-state index is 5.34. The van der Waals surface area contributed by atoms with Gasteiger partial charge in [0.2, 0.25) is 0 Å². The van der Waals surface area contributed by atoms with E-state index in [-0.39, 0.29) is 6.04 Å². The molecule has 1 atom stereocenters. The Kier molecular flexibility index (Phi) is 4.62. The van der Waals surface area contributed by atoms with Gasteiger partial charge in [-0.2, -0.15) is 0 Å². The minimum atomic E-state index is 0.0958. The molecule has 2 aromatic rings. The summed E-state index contributed by atoms with van der Waals surface area (Å²) in [6, 6.07) is 7.92. The number of aromatic nitrogens is 2. The molecule has 0 spiro atoms. The molecule has 112 valence electrons. The fourth-order valence-corrected chi connectivity index (χ4v) is 2.22. The van der Waals surface area contributed by atoms with Gasteiger partial charge in [0.15, 0.2) is 11.5 Å². The Morgan fingerprint density at radius 3 is 2.33 bits per heavy atom. The number of nitrogens with one attached hydrogen (secondary N) is 1. The number of methoxy groups -OCH3 is 2. The normalized spacial score (nSPS) is 11.9. The summed E-state index contributed by atoms with van der Waals surface area (Å²) in [5.74, 6) is 3.03. The summed E-state index contributed by atoms with van der Waals surface area (Å²) in [6.45, 7) is 5.92. The molecule has 1 aromatic heterocycles. The monoisotopic (exact) mass is 287 g/mol. The number of benzene rings is 1. The molecule has 0 unspecified atom stereocenters. The zero-order chi connectivity index (χ0) is 15.4. The van der Waals surface area contributed by atoms with E-state index >= 15 is 0 Å². The van der Waals surface area contributed by atoms with Crippen molar-refractivity contribution < 1.29 is 9.47 Å². The molecular weight excluding hydrogens is 266 g/mol. The highest BCUT2D eigenvalue weighted by molar-refractivity contribution is 5.46. The van der Waals surface area contributed by atoms with Gasteiger partial charge in [0, 0.05) is 11.8 Å². The van der Waals surface area contributed by atoms with E-state index in [0.717, 1.165) is 34.4 Å². The van der Waals surface area contributed by atoms with Crippen LogP contribution in [0, 0.1) is 13.8 Å². The van der Waals surface area contributed by atoms with Crippen LogP contribution in [-0.4, -0.2) is 24.2 Å². The van der Waals surface area contributed by atoms with Crippen LogP contribution >= 0.6 is 0 Å². The summed E-state index contributed by atoms with van der Waals surface area (Å²) in [7, 11) is 3.27. The minimum absolute atomic E-state index is 0.0958. The number of ether oxygens (including phenoxy) is 2. The van der Waals surface area contributed by atoms with Crippen molar-refractivity contribution in [3.8, 4) is 11.5 Å². The standard InChI is InChI=1S/C16H21N3O2/c1-10-8-16(19-12(3)17-10)18-11(2)13-6-7-14(20-4)15(9-13)21-5/h6-9,11H,1-5H3,(H,17,18,19)/t11-/m0/s1. The highest BCUT2D eigenvalue weighted by Crippen LogP contribution is 2.30. The summed E-state index contributed by atoms with van der Waals surface area (Å²) in [5, 5.41) is 3.38. The molecule has 1 heterocycles. The Morgan fingerprint density at radius 2 is 1.71 bits per heavy atom. The van der Waals surface area contributed by atoms with Gasteiger partial charge in [0.25, 0.3) is 0 Å². The molecule has 0 amide bonds.